The molecule has 1 aliphatic heterocycles. The second kappa shape index (κ2) is 7.19. The number of ketones is 1. The molecule has 0 amide bonds. The van der Waals surface area contributed by atoms with Gasteiger partial charge in [-0.05, 0) is 17.6 Å². The fourth-order valence-corrected chi connectivity index (χ4v) is 2.56. The number of halogens is 3. The van der Waals surface area contributed by atoms with E-state index in [0.29, 0.717) is 0 Å². The third kappa shape index (κ3) is 4.28. The molecule has 0 radical (unpaired) electrons. The van der Waals surface area contributed by atoms with E-state index >= 15 is 0 Å². The molecule has 3 rings (SSSR count). The molecule has 6 nitrogen and oxygen atoms in total. The highest BCUT2D eigenvalue weighted by Crippen LogP contribution is 2.35. The maximum Gasteiger partial charge on any atom is 0.416 e. The molecule has 0 fully saturated rings. The van der Waals surface area contributed by atoms with Crippen LogP contribution in [0.1, 0.15) is 39.2 Å². The molecule has 0 aromatic heterocycles. The topological polar surface area (TPSA) is 95.7 Å². The van der Waals surface area contributed by atoms with Gasteiger partial charge in [0.25, 0.3) is 0 Å². The minimum Gasteiger partial charge on any atom is -0.460 e. The predicted octanol–water partition coefficient (Wildman–Crippen LogP) is 3.02. The summed E-state index contributed by atoms with van der Waals surface area (Å²) in [6.07, 6.45) is -8.93. The van der Waals surface area contributed by atoms with Crippen molar-refractivity contribution in [1.82, 2.24) is 0 Å². The van der Waals surface area contributed by atoms with Crippen LogP contribution in [-0.2, 0) is 35.7 Å². The first kappa shape index (κ1) is 9.46. The van der Waals surface area contributed by atoms with Crippen molar-refractivity contribution >= 4 is 15.9 Å². The van der Waals surface area contributed by atoms with Crippen LogP contribution >= 0.6 is 0 Å². The highest BCUT2D eigenvalue weighted by molar-refractivity contribution is 7.86. The average Bonchev–Trinajstić information content (AvgIpc) is 3.02. The Balaban J connectivity index is 2.14. The van der Waals surface area contributed by atoms with Crippen LogP contribution in [0.4, 0.5) is 13.2 Å². The minimum absolute atomic E-state index is 0.991. The summed E-state index contributed by atoms with van der Waals surface area (Å²) >= 11 is 0. The van der Waals surface area contributed by atoms with E-state index in [1.54, 1.807) is 0 Å². The lowest BCUT2D eigenvalue weighted by Gasteiger charge is -2.12. The van der Waals surface area contributed by atoms with E-state index in [9.17, 15) is 26.4 Å². The lowest BCUT2D eigenvalue weighted by atomic mass is 10.0. The molecule has 2 N–H and O–H groups in total. The molecule has 28 heavy (non-hydrogen) atoms. The third-order valence-electron chi connectivity index (χ3n) is 2.90. The van der Waals surface area contributed by atoms with Crippen molar-refractivity contribution in [3.05, 3.63) is 82.7 Å². The molecule has 0 saturated carbocycles. The molecule has 0 spiro atoms. The van der Waals surface area contributed by atoms with Gasteiger partial charge in [0.15, 0.2) is 6.08 Å². The van der Waals surface area contributed by atoms with Crippen LogP contribution in [0.15, 0.2) is 66.0 Å². The van der Waals surface area contributed by atoms with Crippen LogP contribution in [0, 0.1) is 0 Å². The van der Waals surface area contributed by atoms with Gasteiger partial charge in [0.2, 0.25) is 17.4 Å². The fourth-order valence-electron chi connectivity index (χ4n) is 1.79. The van der Waals surface area contributed by atoms with Crippen LogP contribution in [0.25, 0.3) is 0 Å². The van der Waals surface area contributed by atoms with E-state index in [2.05, 4.69) is 4.18 Å². The number of hydrogen-bond acceptors (Lipinski definition) is 6. The first-order chi connectivity index (χ1) is 17.9. The summed E-state index contributed by atoms with van der Waals surface area (Å²) in [5.74, 6) is -5.05. The first-order valence-electron chi connectivity index (χ1n) is 12.9. The van der Waals surface area contributed by atoms with Gasteiger partial charge in [-0.25, -0.2) is 0 Å². The summed E-state index contributed by atoms with van der Waals surface area (Å²) < 4.78 is 168. The van der Waals surface area contributed by atoms with Crippen molar-refractivity contribution in [3.63, 3.8) is 0 Å². The van der Waals surface area contributed by atoms with Crippen LogP contribution in [0.5, 0.6) is 0 Å². The van der Waals surface area contributed by atoms with Crippen molar-refractivity contribution in [2.75, 3.05) is 0 Å². The van der Waals surface area contributed by atoms with Gasteiger partial charge in [-0.3, -0.25) is 4.79 Å². The van der Waals surface area contributed by atoms with Crippen LogP contribution in [0.3, 0.4) is 0 Å². The SMILES string of the molecule is [2H]c1c([2H])c([2H])c(C([2H])([2H])S(=O)(=O)OC2=C(N)O[C@@]([2H])(c3c([2H])c([2H])c(C(F)(F)F)c([2H])c3[2H])C2=O)c([2H])c1[2H]. The molecule has 2 aromatic rings. The standard InChI is InChI=1S/C18H14F3NO5S/c19-18(20,21)13-8-6-12(7-9-13)15-14(23)16(17(22)26-15)27-28(24,25)10-11-4-2-1-3-5-11/h1-9,15H,10,22H2/t15-/m0/s1/i1D,2D,3D,4D,5D,6D,7D,8D,9D,10D2,15D. The Morgan fingerprint density at radius 2 is 1.79 bits per heavy atom. The van der Waals surface area contributed by atoms with Crippen molar-refractivity contribution in [2.45, 2.75) is 18.0 Å². The molecule has 1 heterocycles. The second-order valence-electron chi connectivity index (χ2n) is 4.84. The van der Waals surface area contributed by atoms with E-state index in [1.807, 2.05) is 0 Å². The molecule has 0 saturated heterocycles. The highest BCUT2D eigenvalue weighted by Gasteiger charge is 2.40. The van der Waals surface area contributed by atoms with Crippen molar-refractivity contribution in [3.8, 4) is 0 Å². The maximum atomic E-state index is 13.3. The summed E-state index contributed by atoms with van der Waals surface area (Å²) in [4.78, 5) is 13.0. The number of hydrogen-bond donors (Lipinski definition) is 1. The van der Waals surface area contributed by atoms with Gasteiger partial charge in [0, 0.05) is 5.56 Å². The number of alkyl halides is 3. The smallest absolute Gasteiger partial charge is 0.416 e. The Kier molecular flexibility index (Phi) is 2.43. The molecule has 148 valence electrons. The number of benzene rings is 2. The normalized spacial score (nSPS) is 26.8. The molecular formula is C18H14F3NO5S. The van der Waals surface area contributed by atoms with Crippen LogP contribution < -0.4 is 5.73 Å². The fraction of sp³-hybridized carbons (Fsp3) is 0.167. The zero-order chi connectivity index (χ0) is 31.1. The van der Waals surface area contributed by atoms with Gasteiger partial charge in [-0.1, -0.05) is 42.3 Å². The summed E-state index contributed by atoms with van der Waals surface area (Å²) in [7, 11) is -5.92. The molecule has 1 aliphatic rings. The van der Waals surface area contributed by atoms with Gasteiger partial charge in [0.05, 0.1) is 22.0 Å². The van der Waals surface area contributed by atoms with Gasteiger partial charge in [-0.2, -0.15) is 21.6 Å². The number of ether oxygens (including phenoxy) is 1. The quantitative estimate of drug-likeness (QED) is 0.740. The van der Waals surface area contributed by atoms with E-state index in [4.69, 9.17) is 26.9 Å². The molecule has 10 heteroatoms. The zero-order valence-electron chi connectivity index (χ0n) is 25.2. The number of nitrogens with two attached hydrogens (primary N) is 1. The number of Topliss-reactive ketones (excluding diaryl/α,β-unsaturated/α-hetero) is 1. The lowest BCUT2D eigenvalue weighted by molar-refractivity contribution is -0.137. The molecule has 0 bridgehead atoms. The Bertz CT molecular complexity index is 1570. The second-order valence-corrected chi connectivity index (χ2v) is 6.12. The highest BCUT2D eigenvalue weighted by atomic mass is 32.2. The summed E-state index contributed by atoms with van der Waals surface area (Å²) in [5, 5.41) is 0. The Labute approximate surface area is 175 Å². The van der Waals surface area contributed by atoms with E-state index in [1.165, 1.54) is 0 Å². The molecule has 0 aliphatic carbocycles. The number of carbonyl (C=O) groups is 1. The third-order valence-corrected chi connectivity index (χ3v) is 3.74. The summed E-state index contributed by atoms with van der Waals surface area (Å²) in [6.45, 7) is 0. The Morgan fingerprint density at radius 1 is 1.18 bits per heavy atom. The molecule has 1 atom stereocenters. The number of carbonyl (C=O) groups excluding carboxylic acids is 1. The first-order valence-corrected chi connectivity index (χ1v) is 8.28. The average molecular weight is 425 g/mol. The molecular weight excluding hydrogens is 399 g/mol. The van der Waals surface area contributed by atoms with E-state index in [0.717, 1.165) is 0 Å². The lowest BCUT2D eigenvalue weighted by Crippen LogP contribution is -2.16. The van der Waals surface area contributed by atoms with Crippen LogP contribution in [-0.4, -0.2) is 14.2 Å². The zero-order valence-corrected chi connectivity index (χ0v) is 14.0. The van der Waals surface area contributed by atoms with Crippen molar-refractivity contribution < 1.29 is 51.8 Å². The van der Waals surface area contributed by atoms with Gasteiger partial charge in [0.1, 0.15) is 5.70 Å². The minimum atomic E-state index is -5.92. The summed E-state index contributed by atoms with van der Waals surface area (Å²) in [5.41, 5.74) is -3.43. The van der Waals surface area contributed by atoms with Gasteiger partial charge < -0.3 is 14.7 Å². The van der Waals surface area contributed by atoms with Crippen LogP contribution in [0.2, 0.25) is 0 Å². The predicted molar refractivity (Wildman–Crippen MR) is 91.6 cm³/mol. The largest absolute Gasteiger partial charge is 0.460 e. The van der Waals surface area contributed by atoms with E-state index < -0.39 is 117 Å². The Hall–Kier alpha value is -3.01. The molecule has 2 aromatic carbocycles. The monoisotopic (exact) mass is 425 g/mol. The van der Waals surface area contributed by atoms with Gasteiger partial charge >= 0.3 is 16.3 Å². The van der Waals surface area contributed by atoms with Crippen molar-refractivity contribution in [2.24, 2.45) is 5.73 Å². The Morgan fingerprint density at radius 3 is 2.36 bits per heavy atom. The summed E-state index contributed by atoms with van der Waals surface area (Å²) in [6, 6.07) is -12.4. The number of rotatable bonds is 5. The molecule has 0 unspecified atom stereocenters. The van der Waals surface area contributed by atoms with Gasteiger partial charge in [-0.15, -0.1) is 0 Å². The maximum absolute atomic E-state index is 13.3. The van der Waals surface area contributed by atoms with Crippen molar-refractivity contribution in [1.29, 1.82) is 0 Å². The van der Waals surface area contributed by atoms with E-state index in [-0.39, 0.29) is 0 Å².